The number of nitrogens with zero attached hydrogens (tertiary/aromatic N) is 1. The summed E-state index contributed by atoms with van der Waals surface area (Å²) in [6.45, 7) is 8.12. The second-order valence-corrected chi connectivity index (χ2v) is 9.39. The van der Waals surface area contributed by atoms with Gasteiger partial charge in [-0.1, -0.05) is 35.9 Å². The lowest BCUT2D eigenvalue weighted by Gasteiger charge is -2.23. The molecule has 2 aromatic rings. The lowest BCUT2D eigenvalue weighted by atomic mass is 10.1. The van der Waals surface area contributed by atoms with Gasteiger partial charge in [-0.05, 0) is 62.9 Å². The molecular formula is C22H30N2O3S. The van der Waals surface area contributed by atoms with Crippen molar-refractivity contribution in [1.29, 1.82) is 0 Å². The summed E-state index contributed by atoms with van der Waals surface area (Å²) in [5, 5.41) is 2.98. The van der Waals surface area contributed by atoms with Gasteiger partial charge in [-0.3, -0.25) is 9.10 Å². The van der Waals surface area contributed by atoms with E-state index < -0.39 is 10.0 Å². The first-order chi connectivity index (χ1) is 13.1. The van der Waals surface area contributed by atoms with Crippen molar-refractivity contribution in [2.45, 2.75) is 46.6 Å². The highest BCUT2D eigenvalue weighted by atomic mass is 32.2. The van der Waals surface area contributed by atoms with Crippen LogP contribution in [-0.2, 0) is 14.8 Å². The summed E-state index contributed by atoms with van der Waals surface area (Å²) in [4.78, 5) is 12.3. The summed E-state index contributed by atoms with van der Waals surface area (Å²) >= 11 is 0. The number of hydrogen-bond donors (Lipinski definition) is 1. The molecule has 152 valence electrons. The fourth-order valence-corrected chi connectivity index (χ4v) is 4.17. The Kier molecular flexibility index (Phi) is 7.24. The number of hydrogen-bond acceptors (Lipinski definition) is 3. The van der Waals surface area contributed by atoms with Crippen LogP contribution in [0.15, 0.2) is 42.5 Å². The van der Waals surface area contributed by atoms with Gasteiger partial charge in [-0.25, -0.2) is 8.42 Å². The highest BCUT2D eigenvalue weighted by Crippen LogP contribution is 2.22. The van der Waals surface area contributed by atoms with Crippen LogP contribution in [0.25, 0.3) is 0 Å². The van der Waals surface area contributed by atoms with Crippen molar-refractivity contribution in [3.63, 3.8) is 0 Å². The van der Waals surface area contributed by atoms with E-state index in [2.05, 4.69) is 5.32 Å². The smallest absolute Gasteiger partial charge is 0.232 e. The zero-order valence-electron chi connectivity index (χ0n) is 17.3. The molecule has 2 rings (SSSR count). The Bertz CT molecular complexity index is 901. The molecule has 28 heavy (non-hydrogen) atoms. The zero-order chi connectivity index (χ0) is 20.9. The molecule has 0 spiro atoms. The molecule has 5 nitrogen and oxygen atoms in total. The lowest BCUT2D eigenvalue weighted by Crippen LogP contribution is -2.32. The van der Waals surface area contributed by atoms with Crippen LogP contribution in [0.3, 0.4) is 0 Å². The van der Waals surface area contributed by atoms with Crippen molar-refractivity contribution < 1.29 is 13.2 Å². The number of anilines is 1. The van der Waals surface area contributed by atoms with Gasteiger partial charge in [0.15, 0.2) is 0 Å². The predicted molar refractivity (Wildman–Crippen MR) is 115 cm³/mol. The summed E-state index contributed by atoms with van der Waals surface area (Å²) < 4.78 is 25.9. The van der Waals surface area contributed by atoms with Crippen LogP contribution in [0, 0.1) is 20.8 Å². The lowest BCUT2D eigenvalue weighted by molar-refractivity contribution is -0.121. The average Bonchev–Trinajstić information content (AvgIpc) is 2.57. The van der Waals surface area contributed by atoms with E-state index in [0.29, 0.717) is 12.1 Å². The Morgan fingerprint density at radius 1 is 1.00 bits per heavy atom. The zero-order valence-corrected chi connectivity index (χ0v) is 18.1. The molecule has 1 amide bonds. The summed E-state index contributed by atoms with van der Waals surface area (Å²) in [5.41, 5.74) is 4.89. The van der Waals surface area contributed by atoms with Gasteiger partial charge >= 0.3 is 0 Å². The third-order valence-corrected chi connectivity index (χ3v) is 5.81. The second-order valence-electron chi connectivity index (χ2n) is 7.48. The molecule has 1 atom stereocenters. The molecule has 0 bridgehead atoms. The van der Waals surface area contributed by atoms with Gasteiger partial charge in [0.05, 0.1) is 18.0 Å². The Labute approximate surface area is 168 Å². The number of rotatable bonds is 8. The van der Waals surface area contributed by atoms with Crippen LogP contribution in [0.2, 0.25) is 0 Å². The predicted octanol–water partition coefficient (Wildman–Crippen LogP) is 4.04. The first kappa shape index (κ1) is 22.0. The minimum absolute atomic E-state index is 0.0815. The molecule has 0 aromatic heterocycles. The molecular weight excluding hydrogens is 372 g/mol. The van der Waals surface area contributed by atoms with Crippen LogP contribution >= 0.6 is 0 Å². The maximum atomic E-state index is 12.3. The Balaban J connectivity index is 1.96. The van der Waals surface area contributed by atoms with Gasteiger partial charge in [0.1, 0.15) is 0 Å². The fraction of sp³-hybridized carbons (Fsp3) is 0.409. The number of benzene rings is 2. The van der Waals surface area contributed by atoms with Gasteiger partial charge in [0.2, 0.25) is 15.9 Å². The van der Waals surface area contributed by atoms with E-state index in [1.807, 2.05) is 70.2 Å². The van der Waals surface area contributed by atoms with Crippen molar-refractivity contribution in [3.8, 4) is 0 Å². The van der Waals surface area contributed by atoms with E-state index in [4.69, 9.17) is 0 Å². The topological polar surface area (TPSA) is 66.5 Å². The average molecular weight is 403 g/mol. The standard InChI is InChI=1S/C22H30N2O3S/c1-16-8-10-20(11-9-16)19(4)23-22(25)7-6-12-24(28(5,26)27)21-14-17(2)13-18(3)15-21/h8-11,13-15,19H,6-7,12H2,1-5H3,(H,23,25)/t19-/m0/s1. The summed E-state index contributed by atoms with van der Waals surface area (Å²) in [7, 11) is -3.42. The van der Waals surface area contributed by atoms with Crippen LogP contribution in [0.5, 0.6) is 0 Å². The number of aryl methyl sites for hydroxylation is 3. The van der Waals surface area contributed by atoms with E-state index in [1.54, 1.807) is 0 Å². The number of nitrogens with one attached hydrogen (secondary N) is 1. The molecule has 0 saturated carbocycles. The molecule has 2 aromatic carbocycles. The number of carbonyl (C=O) groups is 1. The van der Waals surface area contributed by atoms with Crippen LogP contribution < -0.4 is 9.62 Å². The third-order valence-electron chi connectivity index (χ3n) is 4.61. The maximum absolute atomic E-state index is 12.3. The molecule has 0 saturated heterocycles. The highest BCUT2D eigenvalue weighted by molar-refractivity contribution is 7.92. The molecule has 0 aliphatic rings. The van der Waals surface area contributed by atoms with Gasteiger partial charge in [0.25, 0.3) is 0 Å². The molecule has 0 radical (unpaired) electrons. The Morgan fingerprint density at radius 3 is 2.11 bits per heavy atom. The molecule has 0 unspecified atom stereocenters. The number of carbonyl (C=O) groups excluding carboxylic acids is 1. The van der Waals surface area contributed by atoms with Crippen LogP contribution in [0.1, 0.15) is 48.1 Å². The second kappa shape index (κ2) is 9.24. The van der Waals surface area contributed by atoms with E-state index >= 15 is 0 Å². The molecule has 0 heterocycles. The van der Waals surface area contributed by atoms with E-state index in [1.165, 1.54) is 16.1 Å². The molecule has 6 heteroatoms. The highest BCUT2D eigenvalue weighted by Gasteiger charge is 2.18. The van der Waals surface area contributed by atoms with E-state index in [-0.39, 0.29) is 24.9 Å². The number of amides is 1. The van der Waals surface area contributed by atoms with Gasteiger partial charge in [-0.2, -0.15) is 0 Å². The van der Waals surface area contributed by atoms with Crippen LogP contribution in [-0.4, -0.2) is 27.1 Å². The Hall–Kier alpha value is -2.34. The largest absolute Gasteiger partial charge is 0.350 e. The van der Waals surface area contributed by atoms with Crippen molar-refractivity contribution in [2.75, 3.05) is 17.1 Å². The summed E-state index contributed by atoms with van der Waals surface area (Å²) in [6.07, 6.45) is 1.92. The first-order valence-electron chi connectivity index (χ1n) is 9.48. The third kappa shape index (κ3) is 6.37. The number of sulfonamides is 1. The first-order valence-corrected chi connectivity index (χ1v) is 11.3. The Morgan fingerprint density at radius 2 is 1.57 bits per heavy atom. The van der Waals surface area contributed by atoms with Gasteiger partial charge in [0, 0.05) is 13.0 Å². The van der Waals surface area contributed by atoms with E-state index in [0.717, 1.165) is 16.7 Å². The molecule has 1 N–H and O–H groups in total. The monoisotopic (exact) mass is 402 g/mol. The molecule has 0 aliphatic carbocycles. The van der Waals surface area contributed by atoms with Crippen molar-refractivity contribution in [1.82, 2.24) is 5.32 Å². The normalized spacial score (nSPS) is 12.5. The van der Waals surface area contributed by atoms with Crippen molar-refractivity contribution in [3.05, 3.63) is 64.7 Å². The van der Waals surface area contributed by atoms with Crippen LogP contribution in [0.4, 0.5) is 5.69 Å². The maximum Gasteiger partial charge on any atom is 0.232 e. The van der Waals surface area contributed by atoms with Gasteiger partial charge in [-0.15, -0.1) is 0 Å². The quantitative estimate of drug-likeness (QED) is 0.725. The van der Waals surface area contributed by atoms with Crippen molar-refractivity contribution >= 4 is 21.6 Å². The van der Waals surface area contributed by atoms with Crippen molar-refractivity contribution in [2.24, 2.45) is 0 Å². The summed E-state index contributed by atoms with van der Waals surface area (Å²) in [5.74, 6) is -0.0815. The van der Waals surface area contributed by atoms with E-state index in [9.17, 15) is 13.2 Å². The molecule has 0 aliphatic heterocycles. The minimum atomic E-state index is -3.42. The van der Waals surface area contributed by atoms with Gasteiger partial charge < -0.3 is 5.32 Å². The fourth-order valence-electron chi connectivity index (χ4n) is 3.22. The SMILES string of the molecule is Cc1ccc([C@H](C)NC(=O)CCCN(c2cc(C)cc(C)c2)S(C)(=O)=O)cc1. The summed E-state index contributed by atoms with van der Waals surface area (Å²) in [6, 6.07) is 13.7. The molecule has 0 fully saturated rings. The minimum Gasteiger partial charge on any atom is -0.350 e.